The zero-order valence-corrected chi connectivity index (χ0v) is 11.6. The van der Waals surface area contributed by atoms with Crippen molar-refractivity contribution in [1.29, 1.82) is 0 Å². The van der Waals surface area contributed by atoms with E-state index in [2.05, 4.69) is 28.2 Å². The Morgan fingerprint density at radius 3 is 2.94 bits per heavy atom. The van der Waals surface area contributed by atoms with Crippen molar-refractivity contribution in [2.24, 2.45) is 17.8 Å². The zero-order valence-electron chi connectivity index (χ0n) is 11.6. The molecule has 0 amide bonds. The highest BCUT2D eigenvalue weighted by atomic mass is 15.3. The summed E-state index contributed by atoms with van der Waals surface area (Å²) in [4.78, 5) is 0. The smallest absolute Gasteiger partial charge is 0.0537 e. The van der Waals surface area contributed by atoms with Crippen molar-refractivity contribution in [3.8, 4) is 0 Å². The molecule has 2 saturated carbocycles. The van der Waals surface area contributed by atoms with Crippen molar-refractivity contribution in [3.05, 3.63) is 18.0 Å². The number of fused-ring (bicyclic) bond motifs is 2. The largest absolute Gasteiger partial charge is 0.313 e. The average molecular weight is 247 g/mol. The van der Waals surface area contributed by atoms with Gasteiger partial charge in [-0.15, -0.1) is 0 Å². The molecule has 0 aromatic carbocycles. The summed E-state index contributed by atoms with van der Waals surface area (Å²) in [5.41, 5.74) is 1.34. The van der Waals surface area contributed by atoms with Crippen molar-refractivity contribution in [1.82, 2.24) is 15.1 Å². The predicted octanol–water partition coefficient (Wildman–Crippen LogP) is 2.99. The molecular weight excluding hydrogens is 222 g/mol. The zero-order chi connectivity index (χ0) is 12.5. The maximum absolute atomic E-state index is 4.56. The lowest BCUT2D eigenvalue weighted by Crippen LogP contribution is -2.18. The van der Waals surface area contributed by atoms with Gasteiger partial charge in [0.2, 0.25) is 0 Å². The molecule has 3 heteroatoms. The van der Waals surface area contributed by atoms with E-state index < -0.39 is 0 Å². The highest BCUT2D eigenvalue weighted by Crippen LogP contribution is 2.48. The Morgan fingerprint density at radius 1 is 1.44 bits per heavy atom. The van der Waals surface area contributed by atoms with Crippen LogP contribution in [0.3, 0.4) is 0 Å². The molecular formula is C15H25N3. The van der Waals surface area contributed by atoms with E-state index in [1.54, 1.807) is 0 Å². The van der Waals surface area contributed by atoms with Gasteiger partial charge in [-0.25, -0.2) is 0 Å². The number of hydrogen-bond donors (Lipinski definition) is 1. The average Bonchev–Trinajstić information content (AvgIpc) is 3.07. The van der Waals surface area contributed by atoms with Crippen molar-refractivity contribution in [3.63, 3.8) is 0 Å². The highest BCUT2D eigenvalue weighted by Gasteiger charge is 2.39. The second kappa shape index (κ2) is 5.04. The molecule has 1 aromatic heterocycles. The fraction of sp³-hybridized carbons (Fsp3) is 0.800. The van der Waals surface area contributed by atoms with E-state index in [-0.39, 0.29) is 0 Å². The van der Waals surface area contributed by atoms with Gasteiger partial charge in [0.1, 0.15) is 0 Å². The maximum atomic E-state index is 4.56. The van der Waals surface area contributed by atoms with Gasteiger partial charge in [0.05, 0.1) is 6.20 Å². The molecule has 2 fully saturated rings. The Balaban J connectivity index is 1.63. The Kier molecular flexibility index (Phi) is 3.42. The first-order chi connectivity index (χ1) is 8.80. The normalized spacial score (nSPS) is 32.0. The first-order valence-corrected chi connectivity index (χ1v) is 7.49. The third-order valence-electron chi connectivity index (χ3n) is 5.12. The molecule has 2 aliphatic carbocycles. The number of nitrogens with zero attached hydrogens (tertiary/aromatic N) is 2. The molecule has 18 heavy (non-hydrogen) atoms. The van der Waals surface area contributed by atoms with Crippen molar-refractivity contribution in [2.75, 3.05) is 7.05 Å². The number of nitrogens with one attached hydrogen (secondary N) is 1. The lowest BCUT2D eigenvalue weighted by Gasteiger charge is -2.21. The van der Waals surface area contributed by atoms with Gasteiger partial charge in [-0.2, -0.15) is 5.10 Å². The highest BCUT2D eigenvalue weighted by molar-refractivity contribution is 5.10. The second-order valence-electron chi connectivity index (χ2n) is 6.18. The summed E-state index contributed by atoms with van der Waals surface area (Å²) in [6, 6.07) is 0.457. The van der Waals surface area contributed by atoms with Crippen molar-refractivity contribution in [2.45, 2.75) is 51.6 Å². The van der Waals surface area contributed by atoms with E-state index in [0.29, 0.717) is 6.04 Å². The van der Waals surface area contributed by atoms with Gasteiger partial charge in [0.25, 0.3) is 0 Å². The quantitative estimate of drug-likeness (QED) is 0.867. The van der Waals surface area contributed by atoms with Crippen LogP contribution in [-0.2, 0) is 6.54 Å². The molecule has 1 aromatic rings. The second-order valence-corrected chi connectivity index (χ2v) is 6.18. The van der Waals surface area contributed by atoms with Crippen LogP contribution in [0.25, 0.3) is 0 Å². The summed E-state index contributed by atoms with van der Waals surface area (Å²) in [5, 5.41) is 7.91. The SMILES string of the molecule is CCC(NC)c1cnn(CC2CC3CCC2C3)c1. The standard InChI is InChI=1S/C15H25N3/c1-3-15(16-2)14-8-17-18(10-14)9-13-7-11-4-5-12(13)6-11/h8,10-13,15-16H,3-7,9H2,1-2H3. The van der Waals surface area contributed by atoms with E-state index in [1.165, 1.54) is 31.2 Å². The minimum absolute atomic E-state index is 0.457. The summed E-state index contributed by atoms with van der Waals surface area (Å²) in [5.74, 6) is 2.93. The molecule has 0 saturated heterocycles. The van der Waals surface area contributed by atoms with Gasteiger partial charge in [0.15, 0.2) is 0 Å². The molecule has 1 N–H and O–H groups in total. The third kappa shape index (κ3) is 2.20. The van der Waals surface area contributed by atoms with Crippen LogP contribution in [0, 0.1) is 17.8 Å². The van der Waals surface area contributed by atoms with Crippen LogP contribution < -0.4 is 5.32 Å². The number of hydrogen-bond acceptors (Lipinski definition) is 2. The lowest BCUT2D eigenvalue weighted by atomic mass is 9.89. The van der Waals surface area contributed by atoms with E-state index in [9.17, 15) is 0 Å². The van der Waals surface area contributed by atoms with Gasteiger partial charge < -0.3 is 5.32 Å². The molecule has 4 atom stereocenters. The van der Waals surface area contributed by atoms with Crippen LogP contribution in [0.1, 0.15) is 50.6 Å². The van der Waals surface area contributed by atoms with Gasteiger partial charge >= 0.3 is 0 Å². The molecule has 1 heterocycles. The molecule has 0 spiro atoms. The molecule has 0 radical (unpaired) electrons. The summed E-state index contributed by atoms with van der Waals surface area (Å²) < 4.78 is 2.18. The molecule has 3 nitrogen and oxygen atoms in total. The first-order valence-electron chi connectivity index (χ1n) is 7.49. The van der Waals surface area contributed by atoms with Crippen molar-refractivity contribution < 1.29 is 0 Å². The van der Waals surface area contributed by atoms with E-state index in [4.69, 9.17) is 0 Å². The van der Waals surface area contributed by atoms with E-state index in [0.717, 1.165) is 30.7 Å². The van der Waals surface area contributed by atoms with Gasteiger partial charge in [-0.3, -0.25) is 4.68 Å². The first kappa shape index (κ1) is 12.2. The van der Waals surface area contributed by atoms with Gasteiger partial charge in [0, 0.05) is 24.3 Å². The Bertz CT molecular complexity index is 394. The molecule has 3 rings (SSSR count). The van der Waals surface area contributed by atoms with Crippen LogP contribution in [-0.4, -0.2) is 16.8 Å². The van der Waals surface area contributed by atoms with Crippen LogP contribution in [0.5, 0.6) is 0 Å². The Hall–Kier alpha value is -0.830. The fourth-order valence-electron chi connectivity index (χ4n) is 4.11. The molecule has 100 valence electrons. The fourth-order valence-corrected chi connectivity index (χ4v) is 4.11. The van der Waals surface area contributed by atoms with Crippen LogP contribution in [0.4, 0.5) is 0 Å². The summed E-state index contributed by atoms with van der Waals surface area (Å²) in [6.45, 7) is 3.36. The molecule has 2 bridgehead atoms. The topological polar surface area (TPSA) is 29.9 Å². The van der Waals surface area contributed by atoms with E-state index >= 15 is 0 Å². The molecule has 4 unspecified atom stereocenters. The number of aromatic nitrogens is 2. The predicted molar refractivity (Wildman–Crippen MR) is 73.3 cm³/mol. The Labute approximate surface area is 110 Å². The lowest BCUT2D eigenvalue weighted by molar-refractivity contribution is 0.285. The summed E-state index contributed by atoms with van der Waals surface area (Å²) in [6.07, 6.45) is 11.3. The van der Waals surface area contributed by atoms with Gasteiger partial charge in [-0.1, -0.05) is 13.3 Å². The Morgan fingerprint density at radius 2 is 2.33 bits per heavy atom. The van der Waals surface area contributed by atoms with Crippen LogP contribution in [0.2, 0.25) is 0 Å². The van der Waals surface area contributed by atoms with Crippen LogP contribution in [0.15, 0.2) is 12.4 Å². The monoisotopic (exact) mass is 247 g/mol. The summed E-state index contributed by atoms with van der Waals surface area (Å²) >= 11 is 0. The van der Waals surface area contributed by atoms with Crippen LogP contribution >= 0.6 is 0 Å². The van der Waals surface area contributed by atoms with Crippen molar-refractivity contribution >= 4 is 0 Å². The van der Waals surface area contributed by atoms with E-state index in [1.807, 2.05) is 13.2 Å². The molecule has 0 aliphatic heterocycles. The van der Waals surface area contributed by atoms with Gasteiger partial charge in [-0.05, 0) is 50.5 Å². The third-order valence-corrected chi connectivity index (χ3v) is 5.12. The minimum atomic E-state index is 0.457. The maximum Gasteiger partial charge on any atom is 0.0537 e. The summed E-state index contributed by atoms with van der Waals surface area (Å²) in [7, 11) is 2.03. The molecule has 2 aliphatic rings. The number of rotatable bonds is 5. The minimum Gasteiger partial charge on any atom is -0.313 e.